The zero-order valence-electron chi connectivity index (χ0n) is 9.07. The fourth-order valence-corrected chi connectivity index (χ4v) is 2.54. The van der Waals surface area contributed by atoms with Crippen molar-refractivity contribution in [2.45, 2.75) is 19.3 Å². The summed E-state index contributed by atoms with van der Waals surface area (Å²) in [6.07, 6.45) is 3.20. The number of aliphatic imine (C=N–C) groups is 1. The molecule has 1 aliphatic heterocycles. The molecule has 2 aliphatic rings. The molecule has 0 aromatic heterocycles. The Bertz CT molecular complexity index is 465. The van der Waals surface area contributed by atoms with Gasteiger partial charge in [0.2, 0.25) is 5.91 Å². The van der Waals surface area contributed by atoms with E-state index in [-0.39, 0.29) is 5.91 Å². The predicted molar refractivity (Wildman–Crippen MR) is 62.4 cm³/mol. The van der Waals surface area contributed by atoms with E-state index in [1.54, 1.807) is 0 Å². The van der Waals surface area contributed by atoms with Gasteiger partial charge in [0.15, 0.2) is 0 Å². The molecular weight excluding hydrogens is 200 g/mol. The van der Waals surface area contributed by atoms with Crippen LogP contribution in [0, 0.1) is 5.92 Å². The quantitative estimate of drug-likeness (QED) is 0.752. The largest absolute Gasteiger partial charge is 0.313 e. The smallest absolute Gasteiger partial charge is 0.247 e. The molecule has 3 heteroatoms. The number of nitrogens with zero attached hydrogens (tertiary/aromatic N) is 1. The molecule has 0 saturated carbocycles. The number of nitrogens with one attached hydrogen (secondary N) is 1. The molecular formula is C13H14N2O. The second kappa shape index (κ2) is 3.74. The molecule has 16 heavy (non-hydrogen) atoms. The van der Waals surface area contributed by atoms with E-state index in [2.05, 4.69) is 34.6 Å². The van der Waals surface area contributed by atoms with Crippen molar-refractivity contribution in [3.8, 4) is 0 Å². The molecule has 1 aromatic rings. The van der Waals surface area contributed by atoms with Crippen molar-refractivity contribution in [3.05, 3.63) is 35.4 Å². The second-order valence-electron chi connectivity index (χ2n) is 4.46. The van der Waals surface area contributed by atoms with Crippen LogP contribution in [0.3, 0.4) is 0 Å². The molecule has 82 valence electrons. The minimum atomic E-state index is 0.0360. The number of aryl methyl sites for hydroxylation is 1. The molecule has 0 saturated heterocycles. The molecule has 1 aromatic carbocycles. The molecule has 1 unspecified atom stereocenters. The van der Waals surface area contributed by atoms with Crippen LogP contribution in [0.4, 0.5) is 0 Å². The number of amides is 1. The Morgan fingerprint density at radius 1 is 1.25 bits per heavy atom. The monoisotopic (exact) mass is 214 g/mol. The molecule has 0 radical (unpaired) electrons. The summed E-state index contributed by atoms with van der Waals surface area (Å²) in [4.78, 5) is 15.4. The van der Waals surface area contributed by atoms with Crippen LogP contribution in [0.1, 0.15) is 17.5 Å². The Balaban J connectivity index is 1.80. The van der Waals surface area contributed by atoms with Crippen molar-refractivity contribution >= 4 is 11.7 Å². The van der Waals surface area contributed by atoms with Crippen LogP contribution in [0.5, 0.6) is 0 Å². The number of fused-ring (bicyclic) bond motifs is 1. The summed E-state index contributed by atoms with van der Waals surface area (Å²) in [5.41, 5.74) is 2.85. The Morgan fingerprint density at radius 2 is 2.06 bits per heavy atom. The lowest BCUT2D eigenvalue weighted by atomic mass is 9.83. The van der Waals surface area contributed by atoms with Gasteiger partial charge < -0.3 is 5.32 Å². The number of hydrogen-bond acceptors (Lipinski definition) is 2. The number of amidine groups is 1. The van der Waals surface area contributed by atoms with Crippen LogP contribution in [0.2, 0.25) is 0 Å². The van der Waals surface area contributed by atoms with Crippen molar-refractivity contribution in [1.29, 1.82) is 0 Å². The van der Waals surface area contributed by atoms with Gasteiger partial charge in [-0.25, -0.2) is 0 Å². The molecule has 1 heterocycles. The third-order valence-electron chi connectivity index (χ3n) is 3.39. The predicted octanol–water partition coefficient (Wildman–Crippen LogP) is 1.32. The Labute approximate surface area is 94.6 Å². The number of benzene rings is 1. The zero-order chi connectivity index (χ0) is 11.0. The SMILES string of the molecule is O=C1CN=C(C2CCc3ccccc3C2)N1. The molecule has 3 rings (SSSR count). The summed E-state index contributed by atoms with van der Waals surface area (Å²) < 4.78 is 0. The molecule has 0 spiro atoms. The summed E-state index contributed by atoms with van der Waals surface area (Å²) >= 11 is 0. The van der Waals surface area contributed by atoms with Gasteiger partial charge >= 0.3 is 0 Å². The van der Waals surface area contributed by atoms with Crippen molar-refractivity contribution in [2.24, 2.45) is 10.9 Å². The van der Waals surface area contributed by atoms with Crippen molar-refractivity contribution in [3.63, 3.8) is 0 Å². The summed E-state index contributed by atoms with van der Waals surface area (Å²) in [6.45, 7) is 0.313. The van der Waals surface area contributed by atoms with Gasteiger partial charge in [0.05, 0.1) is 0 Å². The third-order valence-corrected chi connectivity index (χ3v) is 3.39. The molecule has 0 bridgehead atoms. The van der Waals surface area contributed by atoms with Gasteiger partial charge in [-0.1, -0.05) is 24.3 Å². The average molecular weight is 214 g/mol. The minimum absolute atomic E-state index is 0.0360. The second-order valence-corrected chi connectivity index (χ2v) is 4.46. The highest BCUT2D eigenvalue weighted by atomic mass is 16.2. The number of hydrogen-bond donors (Lipinski definition) is 1. The summed E-state index contributed by atoms with van der Waals surface area (Å²) in [5, 5.41) is 2.87. The van der Waals surface area contributed by atoms with Crippen molar-refractivity contribution in [1.82, 2.24) is 5.32 Å². The van der Waals surface area contributed by atoms with Gasteiger partial charge in [-0.3, -0.25) is 9.79 Å². The first kappa shape index (κ1) is 9.58. The first-order valence-corrected chi connectivity index (χ1v) is 5.74. The first-order valence-electron chi connectivity index (χ1n) is 5.74. The molecule has 1 atom stereocenters. The molecule has 1 aliphatic carbocycles. The highest BCUT2D eigenvalue weighted by molar-refractivity contribution is 6.05. The normalized spacial score (nSPS) is 23.6. The fraction of sp³-hybridized carbons (Fsp3) is 0.385. The van der Waals surface area contributed by atoms with E-state index < -0.39 is 0 Å². The van der Waals surface area contributed by atoms with E-state index in [1.165, 1.54) is 11.1 Å². The van der Waals surface area contributed by atoms with Gasteiger partial charge in [0, 0.05) is 5.92 Å². The first-order chi connectivity index (χ1) is 7.83. The maximum Gasteiger partial charge on any atom is 0.247 e. The Morgan fingerprint density at radius 3 is 2.81 bits per heavy atom. The lowest BCUT2D eigenvalue weighted by molar-refractivity contribution is -0.117. The van der Waals surface area contributed by atoms with Crippen LogP contribution in [0.25, 0.3) is 0 Å². The summed E-state index contributed by atoms with van der Waals surface area (Å²) in [5.74, 6) is 1.34. The maximum atomic E-state index is 11.1. The van der Waals surface area contributed by atoms with Crippen LogP contribution >= 0.6 is 0 Å². The number of rotatable bonds is 1. The van der Waals surface area contributed by atoms with Gasteiger partial charge in [-0.15, -0.1) is 0 Å². The van der Waals surface area contributed by atoms with Gasteiger partial charge in [0.1, 0.15) is 12.4 Å². The molecule has 1 N–H and O–H groups in total. The standard InChI is InChI=1S/C13H14N2O/c16-12-8-14-13(15-12)11-6-5-9-3-1-2-4-10(9)7-11/h1-4,11H,5-8H2,(H,14,15,16). The van der Waals surface area contributed by atoms with Crippen LogP contribution in [0.15, 0.2) is 29.3 Å². The van der Waals surface area contributed by atoms with Gasteiger partial charge in [-0.2, -0.15) is 0 Å². The van der Waals surface area contributed by atoms with Crippen LogP contribution in [-0.2, 0) is 17.6 Å². The van der Waals surface area contributed by atoms with E-state index in [1.807, 2.05) is 0 Å². The Hall–Kier alpha value is -1.64. The summed E-state index contributed by atoms with van der Waals surface area (Å²) in [6, 6.07) is 8.55. The minimum Gasteiger partial charge on any atom is -0.313 e. The van der Waals surface area contributed by atoms with E-state index in [9.17, 15) is 4.79 Å². The summed E-state index contributed by atoms with van der Waals surface area (Å²) in [7, 11) is 0. The van der Waals surface area contributed by atoms with Gasteiger partial charge in [-0.05, 0) is 30.4 Å². The average Bonchev–Trinajstić information content (AvgIpc) is 2.75. The van der Waals surface area contributed by atoms with Gasteiger partial charge in [0.25, 0.3) is 0 Å². The maximum absolute atomic E-state index is 11.1. The lowest BCUT2D eigenvalue weighted by Gasteiger charge is -2.24. The number of carbonyl (C=O) groups excluding carboxylic acids is 1. The zero-order valence-corrected chi connectivity index (χ0v) is 9.07. The highest BCUT2D eigenvalue weighted by Crippen LogP contribution is 2.26. The van der Waals surface area contributed by atoms with E-state index in [4.69, 9.17) is 0 Å². The van der Waals surface area contributed by atoms with E-state index in [0.29, 0.717) is 12.5 Å². The highest BCUT2D eigenvalue weighted by Gasteiger charge is 2.26. The molecule has 3 nitrogen and oxygen atoms in total. The molecule has 1 amide bonds. The van der Waals surface area contributed by atoms with E-state index >= 15 is 0 Å². The van der Waals surface area contributed by atoms with Crippen molar-refractivity contribution < 1.29 is 4.79 Å². The lowest BCUT2D eigenvalue weighted by Crippen LogP contribution is -2.33. The molecule has 0 fully saturated rings. The topological polar surface area (TPSA) is 41.5 Å². The van der Waals surface area contributed by atoms with Crippen molar-refractivity contribution in [2.75, 3.05) is 6.54 Å². The van der Waals surface area contributed by atoms with Crippen LogP contribution < -0.4 is 5.32 Å². The third kappa shape index (κ3) is 1.62. The number of carbonyl (C=O) groups is 1. The van der Waals surface area contributed by atoms with Crippen LogP contribution in [-0.4, -0.2) is 18.3 Å². The Kier molecular flexibility index (Phi) is 2.24. The fourth-order valence-electron chi connectivity index (χ4n) is 2.54. The van der Waals surface area contributed by atoms with E-state index in [0.717, 1.165) is 25.1 Å².